The van der Waals surface area contributed by atoms with E-state index in [1.165, 1.54) is 0 Å². The van der Waals surface area contributed by atoms with E-state index in [1.807, 2.05) is 13.8 Å². The molecule has 1 heterocycles. The fourth-order valence-corrected chi connectivity index (χ4v) is 6.43. The van der Waals surface area contributed by atoms with Crippen LogP contribution in [-0.2, 0) is 25.2 Å². The summed E-state index contributed by atoms with van der Waals surface area (Å²) in [4.78, 5) is 26.7. The van der Waals surface area contributed by atoms with E-state index in [0.29, 0.717) is 24.2 Å². The first kappa shape index (κ1) is 21.8. The average molecular weight is 421 g/mol. The molecule has 0 aromatic heterocycles. The van der Waals surface area contributed by atoms with Crippen LogP contribution in [0.25, 0.3) is 0 Å². The van der Waals surface area contributed by atoms with Crippen LogP contribution in [0.1, 0.15) is 64.4 Å². The van der Waals surface area contributed by atoms with Gasteiger partial charge in [-0.15, -0.1) is 0 Å². The number of nitrogens with zero attached hydrogens (tertiary/aromatic N) is 1. The number of carbonyl (C=O) groups is 2. The Bertz CT molecular complexity index is 844. The van der Waals surface area contributed by atoms with Crippen LogP contribution >= 0.6 is 0 Å². The molecule has 1 aromatic carbocycles. The Morgan fingerprint density at radius 1 is 1.17 bits per heavy atom. The summed E-state index contributed by atoms with van der Waals surface area (Å²) in [6, 6.07) is 6.55. The van der Waals surface area contributed by atoms with Gasteiger partial charge < -0.3 is 10.2 Å². The van der Waals surface area contributed by atoms with Crippen LogP contribution in [0.3, 0.4) is 0 Å². The molecule has 1 saturated heterocycles. The maximum atomic E-state index is 12.9. The van der Waals surface area contributed by atoms with Crippen LogP contribution in [0.15, 0.2) is 24.3 Å². The molecule has 1 aliphatic heterocycles. The lowest BCUT2D eigenvalue weighted by Crippen LogP contribution is -2.47. The van der Waals surface area contributed by atoms with Crippen molar-refractivity contribution < 1.29 is 18.0 Å². The van der Waals surface area contributed by atoms with Gasteiger partial charge in [0.15, 0.2) is 9.84 Å². The monoisotopic (exact) mass is 420 g/mol. The molecule has 160 valence electrons. The predicted molar refractivity (Wildman–Crippen MR) is 114 cm³/mol. The quantitative estimate of drug-likeness (QED) is 0.731. The zero-order valence-electron chi connectivity index (χ0n) is 17.4. The molecule has 29 heavy (non-hydrogen) atoms. The summed E-state index contributed by atoms with van der Waals surface area (Å²) < 4.78 is 25.5. The van der Waals surface area contributed by atoms with Crippen molar-refractivity contribution in [2.75, 3.05) is 11.9 Å². The van der Waals surface area contributed by atoms with Gasteiger partial charge in [-0.25, -0.2) is 8.42 Å². The number of hydrogen-bond acceptors (Lipinski definition) is 4. The smallest absolute Gasteiger partial charge is 0.247 e. The fraction of sp³-hybridized carbons (Fsp3) is 0.636. The van der Waals surface area contributed by atoms with Gasteiger partial charge in [-0.2, -0.15) is 0 Å². The van der Waals surface area contributed by atoms with Crippen molar-refractivity contribution in [3.05, 3.63) is 29.8 Å². The second-order valence-electron chi connectivity index (χ2n) is 8.64. The van der Waals surface area contributed by atoms with Gasteiger partial charge in [-0.1, -0.05) is 45.2 Å². The maximum Gasteiger partial charge on any atom is 0.247 e. The third-order valence-corrected chi connectivity index (χ3v) is 8.19. The minimum Gasteiger partial charge on any atom is -0.330 e. The number of likely N-dealkylation sites (tertiary alicyclic amines) is 1. The molecule has 0 spiro atoms. The van der Waals surface area contributed by atoms with Crippen LogP contribution in [0, 0.1) is 5.92 Å². The van der Waals surface area contributed by atoms with E-state index in [-0.39, 0.29) is 28.7 Å². The summed E-state index contributed by atoms with van der Waals surface area (Å²) >= 11 is 0. The number of anilines is 1. The highest BCUT2D eigenvalue weighted by atomic mass is 32.2. The molecule has 1 unspecified atom stereocenters. The Hall–Kier alpha value is -1.89. The normalized spacial score (nSPS) is 19.6. The molecule has 1 aromatic rings. The molecule has 3 rings (SSSR count). The average Bonchev–Trinajstić information content (AvgIpc) is 3.08. The molecule has 1 N–H and O–H groups in total. The Morgan fingerprint density at radius 3 is 2.52 bits per heavy atom. The van der Waals surface area contributed by atoms with Crippen molar-refractivity contribution in [1.82, 2.24) is 4.90 Å². The van der Waals surface area contributed by atoms with E-state index in [9.17, 15) is 18.0 Å². The van der Waals surface area contributed by atoms with E-state index in [2.05, 4.69) is 5.32 Å². The molecular weight excluding hydrogens is 388 g/mol. The second-order valence-corrected chi connectivity index (χ2v) is 10.9. The molecule has 1 aliphatic carbocycles. The van der Waals surface area contributed by atoms with Crippen molar-refractivity contribution in [3.8, 4) is 0 Å². The summed E-state index contributed by atoms with van der Waals surface area (Å²) in [5.41, 5.74) is 1.26. The van der Waals surface area contributed by atoms with Gasteiger partial charge in [0.05, 0.1) is 11.0 Å². The standard InChI is InChI=1S/C22H32N2O4S/c1-16(2)21(24-13-7-12-20(24)25)22(26)23-18-9-6-8-17(14-18)15-29(27,28)19-10-4-3-5-11-19/h6,8-9,14,16,19,21H,3-5,7,10-13,15H2,1-2H3,(H,23,26). The van der Waals surface area contributed by atoms with Gasteiger partial charge in [-0.05, 0) is 42.9 Å². The van der Waals surface area contributed by atoms with E-state index in [0.717, 1.165) is 38.5 Å². The molecule has 1 atom stereocenters. The Morgan fingerprint density at radius 2 is 1.90 bits per heavy atom. The summed E-state index contributed by atoms with van der Waals surface area (Å²) in [6.45, 7) is 4.47. The molecule has 2 amide bonds. The first-order valence-electron chi connectivity index (χ1n) is 10.7. The molecule has 0 radical (unpaired) electrons. The fourth-order valence-electron chi connectivity index (χ4n) is 4.50. The second kappa shape index (κ2) is 9.28. The number of carbonyl (C=O) groups excluding carboxylic acids is 2. The van der Waals surface area contributed by atoms with Gasteiger partial charge in [0.25, 0.3) is 0 Å². The predicted octanol–water partition coefficient (Wildman–Crippen LogP) is 3.52. The zero-order valence-corrected chi connectivity index (χ0v) is 18.2. The molecule has 1 saturated carbocycles. The molecule has 2 fully saturated rings. The van der Waals surface area contributed by atoms with Crippen LogP contribution in [-0.4, -0.2) is 43.0 Å². The number of sulfone groups is 1. The maximum absolute atomic E-state index is 12.9. The lowest BCUT2D eigenvalue weighted by molar-refractivity contribution is -0.136. The third-order valence-electron chi connectivity index (χ3n) is 5.97. The van der Waals surface area contributed by atoms with Crippen LogP contribution in [0.5, 0.6) is 0 Å². The number of hydrogen-bond donors (Lipinski definition) is 1. The molecule has 0 bridgehead atoms. The topological polar surface area (TPSA) is 83.6 Å². The van der Waals surface area contributed by atoms with Crippen molar-refractivity contribution in [2.45, 2.75) is 75.8 Å². The van der Waals surface area contributed by atoms with Crippen LogP contribution in [0.2, 0.25) is 0 Å². The van der Waals surface area contributed by atoms with Crippen molar-refractivity contribution in [3.63, 3.8) is 0 Å². The minimum absolute atomic E-state index is 0.000400. The zero-order chi connectivity index (χ0) is 21.0. The first-order valence-corrected chi connectivity index (χ1v) is 12.4. The van der Waals surface area contributed by atoms with E-state index >= 15 is 0 Å². The lowest BCUT2D eigenvalue weighted by atomic mass is 10.0. The number of rotatable bonds is 7. The van der Waals surface area contributed by atoms with Gasteiger partial charge in [-0.3, -0.25) is 9.59 Å². The Kier molecular flexibility index (Phi) is 6.98. The lowest BCUT2D eigenvalue weighted by Gasteiger charge is -2.30. The number of benzene rings is 1. The summed E-state index contributed by atoms with van der Waals surface area (Å²) in [5, 5.41) is 2.65. The Labute approximate surface area is 174 Å². The highest BCUT2D eigenvalue weighted by Gasteiger charge is 2.35. The Balaban J connectivity index is 1.70. The van der Waals surface area contributed by atoms with Crippen molar-refractivity contribution in [2.24, 2.45) is 5.92 Å². The first-order chi connectivity index (χ1) is 13.8. The van der Waals surface area contributed by atoms with Crippen LogP contribution in [0.4, 0.5) is 5.69 Å². The summed E-state index contributed by atoms with van der Waals surface area (Å²) in [7, 11) is -3.20. The largest absolute Gasteiger partial charge is 0.330 e. The van der Waals surface area contributed by atoms with E-state index in [4.69, 9.17) is 0 Å². The SMILES string of the molecule is CC(C)C(C(=O)Nc1cccc(CS(=O)(=O)C2CCCCC2)c1)N1CCCC1=O. The highest BCUT2D eigenvalue weighted by molar-refractivity contribution is 7.91. The summed E-state index contributed by atoms with van der Waals surface area (Å²) in [6.07, 6.45) is 5.84. The van der Waals surface area contributed by atoms with Gasteiger partial charge in [0.2, 0.25) is 11.8 Å². The van der Waals surface area contributed by atoms with E-state index in [1.54, 1.807) is 29.2 Å². The molecule has 6 nitrogen and oxygen atoms in total. The van der Waals surface area contributed by atoms with Crippen molar-refractivity contribution in [1.29, 1.82) is 0 Å². The van der Waals surface area contributed by atoms with Gasteiger partial charge in [0, 0.05) is 18.7 Å². The minimum atomic E-state index is -3.20. The highest BCUT2D eigenvalue weighted by Crippen LogP contribution is 2.27. The summed E-state index contributed by atoms with van der Waals surface area (Å²) in [5.74, 6) is -0.208. The van der Waals surface area contributed by atoms with Gasteiger partial charge in [0.1, 0.15) is 6.04 Å². The number of nitrogens with one attached hydrogen (secondary N) is 1. The van der Waals surface area contributed by atoms with Crippen LogP contribution < -0.4 is 5.32 Å². The van der Waals surface area contributed by atoms with Gasteiger partial charge >= 0.3 is 0 Å². The molecule has 2 aliphatic rings. The number of amides is 2. The molecule has 7 heteroatoms. The van der Waals surface area contributed by atoms with E-state index < -0.39 is 15.9 Å². The van der Waals surface area contributed by atoms with Crippen molar-refractivity contribution >= 4 is 27.3 Å². The third kappa shape index (κ3) is 5.38. The molecular formula is C22H32N2O4S.